The molecule has 0 aromatic carbocycles. The fourth-order valence-corrected chi connectivity index (χ4v) is 1.60. The zero-order chi connectivity index (χ0) is 13.3. The summed E-state index contributed by atoms with van der Waals surface area (Å²) in [5.74, 6) is -1.02. The molecule has 0 aliphatic heterocycles. The quantitative estimate of drug-likeness (QED) is 0.780. The molecule has 0 aliphatic carbocycles. The summed E-state index contributed by atoms with van der Waals surface area (Å²) in [5, 5.41) is 6.49. The van der Waals surface area contributed by atoms with Crippen molar-refractivity contribution in [2.45, 2.75) is 6.92 Å². The fourth-order valence-electron chi connectivity index (χ4n) is 1.60. The minimum absolute atomic E-state index is 0.123. The Hall–Kier alpha value is -2.44. The van der Waals surface area contributed by atoms with Gasteiger partial charge in [0.1, 0.15) is 11.5 Å². The molecule has 94 valence electrons. The largest absolute Gasteiger partial charge is 0.395 e. The average molecular weight is 249 g/mol. The van der Waals surface area contributed by atoms with Gasteiger partial charge in [-0.05, 0) is 19.1 Å². The van der Waals surface area contributed by atoms with Crippen LogP contribution in [0.15, 0.2) is 18.2 Å². The van der Waals surface area contributed by atoms with Crippen molar-refractivity contribution in [2.75, 3.05) is 11.1 Å². The number of halogens is 1. The van der Waals surface area contributed by atoms with Crippen molar-refractivity contribution >= 4 is 17.4 Å². The number of rotatable bonds is 2. The summed E-state index contributed by atoms with van der Waals surface area (Å²) in [6, 6.07) is 4.13. The number of aromatic nitrogens is 3. The first-order valence-corrected chi connectivity index (χ1v) is 5.22. The van der Waals surface area contributed by atoms with Crippen molar-refractivity contribution in [3.05, 3.63) is 35.5 Å². The van der Waals surface area contributed by atoms with Gasteiger partial charge in [0.05, 0.1) is 11.4 Å². The highest BCUT2D eigenvalue weighted by atomic mass is 19.1. The molecule has 0 atom stereocenters. The summed E-state index contributed by atoms with van der Waals surface area (Å²) in [5.41, 5.74) is 6.83. The zero-order valence-corrected chi connectivity index (χ0v) is 9.94. The highest BCUT2D eigenvalue weighted by molar-refractivity contribution is 6.06. The van der Waals surface area contributed by atoms with Gasteiger partial charge in [0.15, 0.2) is 0 Å². The van der Waals surface area contributed by atoms with E-state index in [9.17, 15) is 9.18 Å². The van der Waals surface area contributed by atoms with E-state index in [1.807, 2.05) is 0 Å². The number of nitrogens with one attached hydrogen (secondary N) is 1. The molecule has 0 radical (unpaired) electrons. The number of anilines is 2. The number of amides is 1. The lowest BCUT2D eigenvalue weighted by atomic mass is 10.3. The lowest BCUT2D eigenvalue weighted by molar-refractivity contribution is 0.101. The molecule has 2 rings (SSSR count). The molecule has 6 nitrogen and oxygen atoms in total. The van der Waals surface area contributed by atoms with Crippen LogP contribution in [0, 0.1) is 12.9 Å². The van der Waals surface area contributed by atoms with E-state index in [0.717, 1.165) is 0 Å². The Labute approximate surface area is 103 Å². The fraction of sp³-hybridized carbons (Fsp3) is 0.182. The van der Waals surface area contributed by atoms with Crippen LogP contribution in [0.5, 0.6) is 0 Å². The summed E-state index contributed by atoms with van der Waals surface area (Å²) in [6.45, 7) is 1.70. The minimum atomic E-state index is -0.665. The van der Waals surface area contributed by atoms with Crippen LogP contribution in [-0.4, -0.2) is 20.7 Å². The first-order chi connectivity index (χ1) is 8.49. The van der Waals surface area contributed by atoms with Crippen molar-refractivity contribution in [3.8, 4) is 0 Å². The molecule has 7 heteroatoms. The molecule has 2 heterocycles. The van der Waals surface area contributed by atoms with Crippen molar-refractivity contribution < 1.29 is 9.18 Å². The lowest BCUT2D eigenvalue weighted by Crippen LogP contribution is -2.18. The maximum Gasteiger partial charge on any atom is 0.277 e. The van der Waals surface area contributed by atoms with Crippen molar-refractivity contribution in [2.24, 2.45) is 7.05 Å². The highest BCUT2D eigenvalue weighted by Gasteiger charge is 2.18. The van der Waals surface area contributed by atoms with Gasteiger partial charge in [0.25, 0.3) is 5.91 Å². The number of hydrogen-bond acceptors (Lipinski definition) is 4. The summed E-state index contributed by atoms with van der Waals surface area (Å²) in [7, 11) is 1.61. The highest BCUT2D eigenvalue weighted by Crippen LogP contribution is 2.16. The average Bonchev–Trinajstić information content (AvgIpc) is 2.53. The first kappa shape index (κ1) is 12.0. The third kappa shape index (κ3) is 2.15. The Bertz CT molecular complexity index is 607. The van der Waals surface area contributed by atoms with Crippen molar-refractivity contribution in [1.29, 1.82) is 0 Å². The predicted octanol–water partition coefficient (Wildman–Crippen LogP) is 1.10. The first-order valence-electron chi connectivity index (χ1n) is 5.22. The number of nitrogens with two attached hydrogens (primary N) is 1. The predicted molar refractivity (Wildman–Crippen MR) is 64.5 cm³/mol. The van der Waals surface area contributed by atoms with Gasteiger partial charge in [-0.1, -0.05) is 6.07 Å². The number of nitrogens with zero attached hydrogens (tertiary/aromatic N) is 3. The summed E-state index contributed by atoms with van der Waals surface area (Å²) < 4.78 is 14.3. The second-order valence-electron chi connectivity index (χ2n) is 3.77. The van der Waals surface area contributed by atoms with Gasteiger partial charge >= 0.3 is 0 Å². The molecular weight excluding hydrogens is 237 g/mol. The molecule has 2 aromatic heterocycles. The van der Waals surface area contributed by atoms with Gasteiger partial charge in [-0.3, -0.25) is 9.48 Å². The number of carbonyl (C=O) groups is 1. The Morgan fingerprint density at radius 1 is 1.50 bits per heavy atom. The Balaban J connectivity index is 2.27. The lowest BCUT2D eigenvalue weighted by Gasteiger charge is -2.05. The third-order valence-electron chi connectivity index (χ3n) is 2.44. The molecule has 0 spiro atoms. The van der Waals surface area contributed by atoms with E-state index in [2.05, 4.69) is 15.4 Å². The van der Waals surface area contributed by atoms with Crippen LogP contribution in [0.2, 0.25) is 0 Å². The van der Waals surface area contributed by atoms with Crippen LogP contribution in [0.1, 0.15) is 16.2 Å². The molecule has 18 heavy (non-hydrogen) atoms. The molecule has 0 aliphatic rings. The van der Waals surface area contributed by atoms with E-state index < -0.39 is 11.9 Å². The van der Waals surface area contributed by atoms with Gasteiger partial charge in [0.2, 0.25) is 5.95 Å². The smallest absolute Gasteiger partial charge is 0.277 e. The monoisotopic (exact) mass is 249 g/mol. The maximum absolute atomic E-state index is 12.9. The molecule has 0 saturated heterocycles. The molecule has 0 bridgehead atoms. The Morgan fingerprint density at radius 3 is 2.78 bits per heavy atom. The Kier molecular flexibility index (Phi) is 2.97. The van der Waals surface area contributed by atoms with Crippen LogP contribution in [-0.2, 0) is 7.05 Å². The van der Waals surface area contributed by atoms with Crippen LogP contribution in [0.4, 0.5) is 15.9 Å². The van der Waals surface area contributed by atoms with E-state index in [1.165, 1.54) is 22.9 Å². The van der Waals surface area contributed by atoms with Crippen molar-refractivity contribution in [3.63, 3.8) is 0 Å². The van der Waals surface area contributed by atoms with Crippen LogP contribution in [0.25, 0.3) is 0 Å². The summed E-state index contributed by atoms with van der Waals surface area (Å²) >= 11 is 0. The van der Waals surface area contributed by atoms with Gasteiger partial charge in [-0.25, -0.2) is 4.98 Å². The minimum Gasteiger partial charge on any atom is -0.395 e. The molecule has 3 N–H and O–H groups in total. The number of carbonyl (C=O) groups excluding carboxylic acids is 1. The molecule has 0 saturated carbocycles. The summed E-state index contributed by atoms with van der Waals surface area (Å²) in [6.07, 6.45) is 0. The second-order valence-corrected chi connectivity index (χ2v) is 3.77. The third-order valence-corrected chi connectivity index (χ3v) is 2.44. The number of nitrogen functional groups attached to an aromatic ring is 1. The maximum atomic E-state index is 12.9. The number of pyridine rings is 1. The van der Waals surface area contributed by atoms with Crippen LogP contribution < -0.4 is 11.1 Å². The van der Waals surface area contributed by atoms with Gasteiger partial charge in [0, 0.05) is 7.05 Å². The normalized spacial score (nSPS) is 10.4. The van der Waals surface area contributed by atoms with E-state index in [1.54, 1.807) is 14.0 Å². The zero-order valence-electron chi connectivity index (χ0n) is 9.94. The van der Waals surface area contributed by atoms with E-state index in [-0.39, 0.29) is 11.5 Å². The molecule has 0 fully saturated rings. The van der Waals surface area contributed by atoms with E-state index in [4.69, 9.17) is 5.73 Å². The molecule has 0 unspecified atom stereocenters. The van der Waals surface area contributed by atoms with Crippen LogP contribution >= 0.6 is 0 Å². The molecular formula is C11H12FN5O. The van der Waals surface area contributed by atoms with E-state index in [0.29, 0.717) is 11.4 Å². The Morgan fingerprint density at radius 2 is 2.22 bits per heavy atom. The van der Waals surface area contributed by atoms with Gasteiger partial charge < -0.3 is 11.1 Å². The number of hydrogen-bond donors (Lipinski definition) is 2. The SMILES string of the molecule is Cc1nn(C)c(C(=O)Nc2cccc(F)n2)c1N. The van der Waals surface area contributed by atoms with Crippen molar-refractivity contribution in [1.82, 2.24) is 14.8 Å². The summed E-state index contributed by atoms with van der Waals surface area (Å²) in [4.78, 5) is 15.5. The molecule has 2 aromatic rings. The second kappa shape index (κ2) is 4.44. The van der Waals surface area contributed by atoms with Crippen LogP contribution in [0.3, 0.4) is 0 Å². The van der Waals surface area contributed by atoms with Gasteiger partial charge in [-0.2, -0.15) is 9.49 Å². The van der Waals surface area contributed by atoms with E-state index >= 15 is 0 Å². The number of aryl methyl sites for hydroxylation is 2. The topological polar surface area (TPSA) is 85.8 Å². The molecule has 1 amide bonds. The standard InChI is InChI=1S/C11H12FN5O/c1-6-9(13)10(17(2)16-6)11(18)15-8-5-3-4-7(12)14-8/h3-5H,13H2,1-2H3,(H,14,15,18). The van der Waals surface area contributed by atoms with Gasteiger partial charge in [-0.15, -0.1) is 0 Å².